The molecule has 3 rings (SSSR count). The number of hydrogen-bond donors (Lipinski definition) is 0. The van der Waals surface area contributed by atoms with E-state index >= 15 is 0 Å². The molecule has 0 aliphatic carbocycles. The van der Waals surface area contributed by atoms with Gasteiger partial charge >= 0.3 is 0 Å². The van der Waals surface area contributed by atoms with E-state index in [1.54, 1.807) is 13.8 Å². The molecule has 1 aromatic carbocycles. The van der Waals surface area contributed by atoms with Gasteiger partial charge in [0, 0.05) is 0 Å². The molecule has 108 valence electrons. The molecule has 9 heteroatoms. The summed E-state index contributed by atoms with van der Waals surface area (Å²) in [5.74, 6) is 1.99. The Morgan fingerprint density at radius 2 is 1.90 bits per heavy atom. The second kappa shape index (κ2) is 4.85. The number of hydrogen-bond acceptors (Lipinski definition) is 7. The summed E-state index contributed by atoms with van der Waals surface area (Å²) in [5.41, 5.74) is 0.211. The Hall–Kier alpha value is -2.97. The molecule has 0 bridgehead atoms. The molecule has 21 heavy (non-hydrogen) atoms. The van der Waals surface area contributed by atoms with Crippen molar-refractivity contribution in [3.8, 4) is 11.5 Å². The molecule has 0 fully saturated rings. The average Bonchev–Trinajstić information content (AvgIpc) is 3.02. The first-order chi connectivity index (χ1) is 10.1. The van der Waals surface area contributed by atoms with Crippen molar-refractivity contribution >= 4 is 11.9 Å². The van der Waals surface area contributed by atoms with Gasteiger partial charge in [0.15, 0.2) is 23.1 Å². The molecular formula is C12H11N5O4. The number of nitrogens with zero attached hydrogens (tertiary/aromatic N) is 5. The summed E-state index contributed by atoms with van der Waals surface area (Å²) in [7, 11) is 0. The van der Waals surface area contributed by atoms with Crippen LogP contribution in [0.4, 0.5) is 5.69 Å². The van der Waals surface area contributed by atoms with E-state index in [0.29, 0.717) is 28.7 Å². The van der Waals surface area contributed by atoms with Crippen molar-refractivity contribution in [1.82, 2.24) is 14.9 Å². The Morgan fingerprint density at radius 1 is 1.29 bits per heavy atom. The lowest BCUT2D eigenvalue weighted by atomic mass is 10.1. The first-order valence-corrected chi connectivity index (χ1v) is 6.07. The molecule has 1 aliphatic rings. The van der Waals surface area contributed by atoms with Crippen molar-refractivity contribution in [3.05, 3.63) is 39.5 Å². The number of aromatic nitrogens is 3. The molecule has 0 unspecified atom stereocenters. The van der Waals surface area contributed by atoms with E-state index in [2.05, 4.69) is 15.3 Å². The highest BCUT2D eigenvalue weighted by atomic mass is 16.7. The van der Waals surface area contributed by atoms with E-state index in [1.165, 1.54) is 23.0 Å². The lowest BCUT2D eigenvalue weighted by Gasteiger charge is -2.01. The van der Waals surface area contributed by atoms with E-state index in [4.69, 9.17) is 9.47 Å². The van der Waals surface area contributed by atoms with Crippen LogP contribution < -0.4 is 9.47 Å². The number of aryl methyl sites for hydroxylation is 2. The maximum absolute atomic E-state index is 11.1. The fourth-order valence-corrected chi connectivity index (χ4v) is 1.96. The Labute approximate surface area is 119 Å². The molecule has 0 amide bonds. The number of nitro benzene ring substituents is 1. The maximum Gasteiger partial charge on any atom is 0.282 e. The Kier molecular flexibility index (Phi) is 3.01. The molecule has 0 radical (unpaired) electrons. The average molecular weight is 289 g/mol. The number of ether oxygens (including phenoxy) is 2. The third kappa shape index (κ3) is 2.29. The van der Waals surface area contributed by atoms with Gasteiger partial charge in [-0.05, 0) is 19.9 Å². The van der Waals surface area contributed by atoms with Crippen LogP contribution in [0, 0.1) is 24.0 Å². The largest absolute Gasteiger partial charge is 0.454 e. The predicted octanol–water partition coefficient (Wildman–Crippen LogP) is 1.41. The lowest BCUT2D eigenvalue weighted by molar-refractivity contribution is -0.385. The Bertz CT molecular complexity index is 733. The first kappa shape index (κ1) is 13.0. The zero-order valence-electron chi connectivity index (χ0n) is 11.3. The van der Waals surface area contributed by atoms with Gasteiger partial charge in [-0.1, -0.05) is 0 Å². The van der Waals surface area contributed by atoms with Crippen molar-refractivity contribution in [2.75, 3.05) is 6.79 Å². The number of benzene rings is 1. The standard InChI is InChI=1S/C12H11N5O4/c1-7-14-15-8(2)16(7)13-5-9-3-11-12(21-6-20-11)4-10(9)17(18)19/h3-5H,6H2,1-2H3/b13-5-. The molecular weight excluding hydrogens is 278 g/mol. The number of nitro groups is 1. The maximum atomic E-state index is 11.1. The normalized spacial score (nSPS) is 13.0. The van der Waals surface area contributed by atoms with E-state index in [-0.39, 0.29) is 12.5 Å². The number of rotatable bonds is 3. The highest BCUT2D eigenvalue weighted by Gasteiger charge is 2.22. The lowest BCUT2D eigenvalue weighted by Crippen LogP contribution is -1.99. The molecule has 2 aromatic rings. The van der Waals surface area contributed by atoms with Gasteiger partial charge in [-0.25, -0.2) is 4.68 Å². The van der Waals surface area contributed by atoms with Crippen LogP contribution in [0.3, 0.4) is 0 Å². The molecule has 0 N–H and O–H groups in total. The first-order valence-electron chi connectivity index (χ1n) is 6.07. The summed E-state index contributed by atoms with van der Waals surface area (Å²) < 4.78 is 11.9. The summed E-state index contributed by atoms with van der Waals surface area (Å²) in [6, 6.07) is 2.86. The molecule has 0 atom stereocenters. The van der Waals surface area contributed by atoms with E-state index in [0.717, 1.165) is 0 Å². The highest BCUT2D eigenvalue weighted by Crippen LogP contribution is 2.37. The van der Waals surface area contributed by atoms with Gasteiger partial charge in [-0.3, -0.25) is 10.1 Å². The minimum atomic E-state index is -0.491. The minimum absolute atomic E-state index is 0.0523. The van der Waals surface area contributed by atoms with Crippen LogP contribution in [-0.4, -0.2) is 32.8 Å². The van der Waals surface area contributed by atoms with Crippen molar-refractivity contribution in [1.29, 1.82) is 0 Å². The molecule has 0 saturated heterocycles. The van der Waals surface area contributed by atoms with Crippen LogP contribution in [0.15, 0.2) is 17.2 Å². The van der Waals surface area contributed by atoms with Crippen molar-refractivity contribution < 1.29 is 14.4 Å². The van der Waals surface area contributed by atoms with Crippen molar-refractivity contribution in [2.45, 2.75) is 13.8 Å². The summed E-state index contributed by atoms with van der Waals surface area (Å²) in [4.78, 5) is 10.6. The van der Waals surface area contributed by atoms with E-state index in [9.17, 15) is 10.1 Å². The topological polar surface area (TPSA) is 105 Å². The fraction of sp³-hybridized carbons (Fsp3) is 0.250. The van der Waals surface area contributed by atoms with Crippen LogP contribution in [0.25, 0.3) is 0 Å². The van der Waals surface area contributed by atoms with E-state index < -0.39 is 4.92 Å². The van der Waals surface area contributed by atoms with E-state index in [1.807, 2.05) is 0 Å². The Balaban J connectivity index is 2.04. The molecule has 1 aromatic heterocycles. The molecule has 9 nitrogen and oxygen atoms in total. The van der Waals surface area contributed by atoms with Gasteiger partial charge in [0.1, 0.15) is 0 Å². The zero-order valence-corrected chi connectivity index (χ0v) is 11.3. The van der Waals surface area contributed by atoms with Crippen LogP contribution in [0.5, 0.6) is 11.5 Å². The van der Waals surface area contributed by atoms with Gasteiger partial charge in [-0.15, -0.1) is 10.2 Å². The highest BCUT2D eigenvalue weighted by molar-refractivity contribution is 5.87. The monoisotopic (exact) mass is 289 g/mol. The zero-order chi connectivity index (χ0) is 15.0. The van der Waals surface area contributed by atoms with Crippen molar-refractivity contribution in [3.63, 3.8) is 0 Å². The third-order valence-electron chi connectivity index (χ3n) is 2.98. The molecule has 2 heterocycles. The smallest absolute Gasteiger partial charge is 0.282 e. The second-order valence-electron chi connectivity index (χ2n) is 4.37. The van der Waals surface area contributed by atoms with Crippen LogP contribution in [-0.2, 0) is 0 Å². The van der Waals surface area contributed by atoms with Crippen LogP contribution in [0.1, 0.15) is 17.2 Å². The SMILES string of the molecule is Cc1nnc(C)n1/N=C\c1cc2c(cc1[N+](=O)[O-])OCO2. The number of fused-ring (bicyclic) bond motifs is 1. The summed E-state index contributed by atoms with van der Waals surface area (Å²) >= 11 is 0. The molecule has 1 aliphatic heterocycles. The van der Waals surface area contributed by atoms with Gasteiger partial charge in [0.05, 0.1) is 22.8 Å². The molecule has 0 saturated carbocycles. The van der Waals surface area contributed by atoms with Crippen LogP contribution in [0.2, 0.25) is 0 Å². The van der Waals surface area contributed by atoms with Gasteiger partial charge < -0.3 is 9.47 Å². The second-order valence-corrected chi connectivity index (χ2v) is 4.37. The summed E-state index contributed by atoms with van der Waals surface area (Å²) in [6.07, 6.45) is 1.38. The van der Waals surface area contributed by atoms with Gasteiger partial charge in [0.2, 0.25) is 6.79 Å². The van der Waals surface area contributed by atoms with Crippen molar-refractivity contribution in [2.24, 2.45) is 5.10 Å². The summed E-state index contributed by atoms with van der Waals surface area (Å²) in [6.45, 7) is 3.54. The van der Waals surface area contributed by atoms with Gasteiger partial charge in [0.25, 0.3) is 5.69 Å². The molecule has 0 spiro atoms. The van der Waals surface area contributed by atoms with Gasteiger partial charge in [-0.2, -0.15) is 5.10 Å². The third-order valence-corrected chi connectivity index (χ3v) is 2.98. The summed E-state index contributed by atoms with van der Waals surface area (Å²) in [5, 5.41) is 23.0. The minimum Gasteiger partial charge on any atom is -0.454 e. The quantitative estimate of drug-likeness (QED) is 0.480. The predicted molar refractivity (Wildman–Crippen MR) is 71.7 cm³/mol. The van der Waals surface area contributed by atoms with Crippen LogP contribution >= 0.6 is 0 Å². The Morgan fingerprint density at radius 3 is 2.52 bits per heavy atom. The fourth-order valence-electron chi connectivity index (χ4n) is 1.96.